The van der Waals surface area contributed by atoms with E-state index in [2.05, 4.69) is 0 Å². The molecule has 1 aromatic carbocycles. The third-order valence-electron chi connectivity index (χ3n) is 5.22. The number of nitrogens with zero attached hydrogens (tertiary/aromatic N) is 2. The fourth-order valence-electron chi connectivity index (χ4n) is 3.85. The van der Waals surface area contributed by atoms with Gasteiger partial charge in [-0.05, 0) is 30.5 Å². The molecule has 0 aromatic heterocycles. The Morgan fingerprint density at radius 2 is 1.84 bits per heavy atom. The Bertz CT molecular complexity index is 667. The van der Waals surface area contributed by atoms with Crippen molar-refractivity contribution in [1.82, 2.24) is 9.80 Å². The van der Waals surface area contributed by atoms with Gasteiger partial charge in [-0.1, -0.05) is 36.6 Å². The molecule has 2 fully saturated rings. The minimum Gasteiger partial charge on any atom is -0.341 e. The van der Waals surface area contributed by atoms with Crippen LogP contribution in [0.2, 0.25) is 5.02 Å². The van der Waals surface area contributed by atoms with E-state index >= 15 is 0 Å². The van der Waals surface area contributed by atoms with Crippen LogP contribution in [0.4, 0.5) is 0 Å². The lowest BCUT2D eigenvalue weighted by atomic mass is 9.81. The van der Waals surface area contributed by atoms with Gasteiger partial charge in [0.25, 0.3) is 0 Å². The van der Waals surface area contributed by atoms with E-state index in [0.29, 0.717) is 11.6 Å². The first-order chi connectivity index (χ1) is 12.0. The maximum Gasteiger partial charge on any atom is 0.233 e. The molecule has 2 aliphatic rings. The van der Waals surface area contributed by atoms with E-state index in [1.54, 1.807) is 18.0 Å². The number of imide groups is 1. The van der Waals surface area contributed by atoms with Gasteiger partial charge < -0.3 is 4.90 Å². The molecule has 0 unspecified atom stereocenters. The quantitative estimate of drug-likeness (QED) is 0.757. The maximum atomic E-state index is 12.4. The van der Waals surface area contributed by atoms with Crippen molar-refractivity contribution in [2.24, 2.45) is 11.8 Å². The first-order valence-corrected chi connectivity index (χ1v) is 9.19. The van der Waals surface area contributed by atoms with Gasteiger partial charge in [-0.2, -0.15) is 0 Å². The normalized spacial score (nSPS) is 22.9. The van der Waals surface area contributed by atoms with Crippen LogP contribution >= 0.6 is 11.6 Å². The average molecular weight is 363 g/mol. The zero-order valence-corrected chi connectivity index (χ0v) is 15.2. The lowest BCUT2D eigenvalue weighted by molar-refractivity contribution is -0.140. The van der Waals surface area contributed by atoms with Crippen LogP contribution in [0.15, 0.2) is 24.3 Å². The minimum absolute atomic E-state index is 0.0833. The molecule has 3 amide bonds. The molecule has 1 heterocycles. The highest BCUT2D eigenvalue weighted by molar-refractivity contribution is 6.30. The van der Waals surface area contributed by atoms with Crippen LogP contribution < -0.4 is 0 Å². The SMILES string of the molecule is CN(Cc1cccc(Cl)c1)C(=O)CCN1C(=O)[C@@H]2CCCC[C@H]2C1=O. The molecular formula is C19H23ClN2O3. The average Bonchev–Trinajstić information content (AvgIpc) is 2.84. The first kappa shape index (κ1) is 17.9. The molecule has 25 heavy (non-hydrogen) atoms. The van der Waals surface area contributed by atoms with Crippen molar-refractivity contribution in [3.8, 4) is 0 Å². The molecule has 1 saturated heterocycles. The summed E-state index contributed by atoms with van der Waals surface area (Å²) in [6.45, 7) is 0.635. The summed E-state index contributed by atoms with van der Waals surface area (Å²) in [5.74, 6) is -0.559. The van der Waals surface area contributed by atoms with Gasteiger partial charge in [0.2, 0.25) is 17.7 Å². The largest absolute Gasteiger partial charge is 0.341 e. The number of rotatable bonds is 5. The summed E-state index contributed by atoms with van der Waals surface area (Å²) in [6, 6.07) is 7.37. The number of likely N-dealkylation sites (tertiary alicyclic amines) is 1. The molecule has 5 nitrogen and oxygen atoms in total. The van der Waals surface area contributed by atoms with Crippen molar-refractivity contribution in [3.05, 3.63) is 34.9 Å². The van der Waals surface area contributed by atoms with Gasteiger partial charge in [0.05, 0.1) is 11.8 Å². The second kappa shape index (κ2) is 7.56. The molecular weight excluding hydrogens is 340 g/mol. The van der Waals surface area contributed by atoms with Crippen LogP contribution in [-0.4, -0.2) is 41.1 Å². The van der Waals surface area contributed by atoms with E-state index in [4.69, 9.17) is 11.6 Å². The molecule has 0 spiro atoms. The minimum atomic E-state index is -0.152. The molecule has 0 radical (unpaired) electrons. The third-order valence-corrected chi connectivity index (χ3v) is 5.45. The molecule has 0 N–H and O–H groups in total. The fraction of sp³-hybridized carbons (Fsp3) is 0.526. The van der Waals surface area contributed by atoms with E-state index in [-0.39, 0.29) is 42.5 Å². The molecule has 1 aromatic rings. The zero-order chi connectivity index (χ0) is 18.0. The summed E-state index contributed by atoms with van der Waals surface area (Å²) in [5, 5.41) is 0.634. The summed E-state index contributed by atoms with van der Waals surface area (Å²) in [4.78, 5) is 40.1. The number of halogens is 1. The smallest absolute Gasteiger partial charge is 0.233 e. The maximum absolute atomic E-state index is 12.4. The van der Waals surface area contributed by atoms with Crippen LogP contribution in [0.5, 0.6) is 0 Å². The van der Waals surface area contributed by atoms with E-state index in [1.807, 2.05) is 18.2 Å². The van der Waals surface area contributed by atoms with Crippen molar-refractivity contribution in [2.75, 3.05) is 13.6 Å². The predicted octanol–water partition coefficient (Wildman–Crippen LogP) is 2.86. The number of hydrogen-bond acceptors (Lipinski definition) is 3. The standard InChI is InChI=1S/C19H23ClN2O3/c1-21(12-13-5-4-6-14(20)11-13)17(23)9-10-22-18(24)15-7-2-3-8-16(15)19(22)25/h4-6,11,15-16H,2-3,7-10,12H2,1H3/t15-,16-/m1/s1. The Balaban J connectivity index is 1.55. The lowest BCUT2D eigenvalue weighted by Crippen LogP contribution is -2.36. The number of amides is 3. The highest BCUT2D eigenvalue weighted by Gasteiger charge is 2.47. The van der Waals surface area contributed by atoms with Crippen LogP contribution in [-0.2, 0) is 20.9 Å². The number of benzene rings is 1. The summed E-state index contributed by atoms with van der Waals surface area (Å²) < 4.78 is 0. The fourth-order valence-corrected chi connectivity index (χ4v) is 4.06. The summed E-state index contributed by atoms with van der Waals surface area (Å²) in [5.41, 5.74) is 0.947. The summed E-state index contributed by atoms with van der Waals surface area (Å²) in [7, 11) is 1.72. The molecule has 2 atom stereocenters. The Hall–Kier alpha value is -1.88. The summed E-state index contributed by atoms with van der Waals surface area (Å²) in [6.07, 6.45) is 3.78. The first-order valence-electron chi connectivity index (χ1n) is 8.81. The highest BCUT2D eigenvalue weighted by atomic mass is 35.5. The van der Waals surface area contributed by atoms with Gasteiger partial charge in [-0.25, -0.2) is 0 Å². The molecule has 0 bridgehead atoms. The van der Waals surface area contributed by atoms with E-state index in [9.17, 15) is 14.4 Å². The van der Waals surface area contributed by atoms with Crippen molar-refractivity contribution >= 4 is 29.3 Å². The second-order valence-electron chi connectivity index (χ2n) is 6.96. The van der Waals surface area contributed by atoms with E-state index in [1.165, 1.54) is 4.90 Å². The van der Waals surface area contributed by atoms with Gasteiger partial charge in [0.15, 0.2) is 0 Å². The number of carbonyl (C=O) groups excluding carboxylic acids is 3. The van der Waals surface area contributed by atoms with Crippen molar-refractivity contribution < 1.29 is 14.4 Å². The van der Waals surface area contributed by atoms with Crippen LogP contribution in [0.1, 0.15) is 37.7 Å². The van der Waals surface area contributed by atoms with Gasteiger partial charge in [-0.15, -0.1) is 0 Å². The van der Waals surface area contributed by atoms with Crippen molar-refractivity contribution in [3.63, 3.8) is 0 Å². The Kier molecular flexibility index (Phi) is 5.42. The molecule has 134 valence electrons. The topological polar surface area (TPSA) is 57.7 Å². The van der Waals surface area contributed by atoms with Crippen LogP contribution in [0.25, 0.3) is 0 Å². The number of carbonyl (C=O) groups is 3. The number of fused-ring (bicyclic) bond motifs is 1. The Labute approximate surface area is 152 Å². The molecule has 6 heteroatoms. The molecule has 3 rings (SSSR count). The predicted molar refractivity (Wildman–Crippen MR) is 94.7 cm³/mol. The van der Waals surface area contributed by atoms with Gasteiger partial charge >= 0.3 is 0 Å². The second-order valence-corrected chi connectivity index (χ2v) is 7.39. The molecule has 1 aliphatic heterocycles. The molecule has 1 aliphatic carbocycles. The monoisotopic (exact) mass is 362 g/mol. The Morgan fingerprint density at radius 1 is 1.20 bits per heavy atom. The zero-order valence-electron chi connectivity index (χ0n) is 14.4. The lowest BCUT2D eigenvalue weighted by Gasteiger charge is -2.20. The summed E-state index contributed by atoms with van der Waals surface area (Å²) >= 11 is 5.96. The van der Waals surface area contributed by atoms with Crippen LogP contribution in [0.3, 0.4) is 0 Å². The van der Waals surface area contributed by atoms with Gasteiger partial charge in [0, 0.05) is 31.6 Å². The van der Waals surface area contributed by atoms with Crippen molar-refractivity contribution in [2.45, 2.75) is 38.6 Å². The van der Waals surface area contributed by atoms with Gasteiger partial charge in [0.1, 0.15) is 0 Å². The molecule has 1 saturated carbocycles. The van der Waals surface area contributed by atoms with Crippen molar-refractivity contribution in [1.29, 1.82) is 0 Å². The van der Waals surface area contributed by atoms with E-state index < -0.39 is 0 Å². The number of hydrogen-bond donors (Lipinski definition) is 0. The van der Waals surface area contributed by atoms with Gasteiger partial charge in [-0.3, -0.25) is 19.3 Å². The third kappa shape index (κ3) is 3.87. The van der Waals surface area contributed by atoms with Crippen LogP contribution in [0, 0.1) is 11.8 Å². The Morgan fingerprint density at radius 3 is 2.44 bits per heavy atom. The van der Waals surface area contributed by atoms with E-state index in [0.717, 1.165) is 31.2 Å². The highest BCUT2D eigenvalue weighted by Crippen LogP contribution is 2.37.